The van der Waals surface area contributed by atoms with Crippen molar-refractivity contribution in [3.05, 3.63) is 51.7 Å². The summed E-state index contributed by atoms with van der Waals surface area (Å²) < 4.78 is 14.6. The van der Waals surface area contributed by atoms with Gasteiger partial charge in [-0.25, -0.2) is 4.39 Å². The molecule has 0 bridgehead atoms. The molecule has 2 aromatic heterocycles. The quantitative estimate of drug-likeness (QED) is 0.687. The minimum absolute atomic E-state index is 0.294. The van der Waals surface area contributed by atoms with Crippen molar-refractivity contribution in [1.29, 1.82) is 0 Å². The minimum atomic E-state index is -0.374. The van der Waals surface area contributed by atoms with E-state index in [1.165, 1.54) is 23.6 Å². The van der Waals surface area contributed by atoms with Crippen LogP contribution in [0.5, 0.6) is 0 Å². The Kier molecular flexibility index (Phi) is 3.31. The smallest absolute Gasteiger partial charge is 0.141 e. The van der Waals surface area contributed by atoms with Crippen LogP contribution in [0.25, 0.3) is 21.7 Å². The van der Waals surface area contributed by atoms with Gasteiger partial charge in [0, 0.05) is 27.2 Å². The number of H-pyrrole nitrogens is 1. The molecule has 1 N–H and O–H groups in total. The van der Waals surface area contributed by atoms with E-state index in [2.05, 4.69) is 10.2 Å². The van der Waals surface area contributed by atoms with Gasteiger partial charge in [-0.15, -0.1) is 11.3 Å². The fourth-order valence-corrected chi connectivity index (χ4v) is 2.98. The lowest BCUT2D eigenvalue weighted by molar-refractivity contribution is 0.634. The molecular weight excluding hydrogens is 306 g/mol. The van der Waals surface area contributed by atoms with Crippen LogP contribution in [0.3, 0.4) is 0 Å². The Labute approximate surface area is 122 Å². The zero-order chi connectivity index (χ0) is 13.4. The minimum Gasteiger partial charge on any atom is -0.284 e. The highest BCUT2D eigenvalue weighted by atomic mass is 35.5. The number of benzene rings is 1. The van der Waals surface area contributed by atoms with Crippen molar-refractivity contribution >= 4 is 34.5 Å². The molecule has 0 aliphatic heterocycles. The molecule has 0 atom stereocenters. The van der Waals surface area contributed by atoms with Gasteiger partial charge in [-0.1, -0.05) is 29.3 Å². The maximum atomic E-state index is 14.6. The summed E-state index contributed by atoms with van der Waals surface area (Å²) in [6.07, 6.45) is 1.50. The highest BCUT2D eigenvalue weighted by Crippen LogP contribution is 2.37. The average molecular weight is 313 g/mol. The molecule has 19 heavy (non-hydrogen) atoms. The standard InChI is InChI=1S/C13H7Cl2FN2S/c14-7-4-8(11-2-1-3-19-11)12(16)9(5-7)13-10(15)6-17-18-13/h1-6H,(H,17,18). The van der Waals surface area contributed by atoms with Crippen molar-refractivity contribution in [3.8, 4) is 21.7 Å². The molecular formula is C13H7Cl2FN2S. The Morgan fingerprint density at radius 2 is 2.00 bits per heavy atom. The van der Waals surface area contributed by atoms with Gasteiger partial charge in [-0.05, 0) is 23.6 Å². The van der Waals surface area contributed by atoms with Crippen LogP contribution in [0.1, 0.15) is 0 Å². The van der Waals surface area contributed by atoms with Crippen LogP contribution in [0, 0.1) is 5.82 Å². The molecule has 0 unspecified atom stereocenters. The van der Waals surface area contributed by atoms with Crippen LogP contribution in [0.15, 0.2) is 35.8 Å². The highest BCUT2D eigenvalue weighted by molar-refractivity contribution is 7.13. The van der Waals surface area contributed by atoms with E-state index in [0.717, 1.165) is 4.88 Å². The lowest BCUT2D eigenvalue weighted by Gasteiger charge is -2.07. The van der Waals surface area contributed by atoms with Crippen LogP contribution in [-0.4, -0.2) is 10.2 Å². The lowest BCUT2D eigenvalue weighted by atomic mass is 10.1. The number of halogens is 3. The summed E-state index contributed by atoms with van der Waals surface area (Å²) in [5.74, 6) is -0.374. The van der Waals surface area contributed by atoms with Gasteiger partial charge in [0.1, 0.15) is 11.5 Å². The third-order valence-corrected chi connectivity index (χ3v) is 4.08. The molecule has 0 amide bonds. The molecule has 1 aromatic carbocycles. The van der Waals surface area contributed by atoms with E-state index < -0.39 is 0 Å². The second kappa shape index (κ2) is 4.96. The zero-order valence-corrected chi connectivity index (χ0v) is 11.8. The fourth-order valence-electron chi connectivity index (χ4n) is 1.84. The van der Waals surface area contributed by atoms with E-state index >= 15 is 0 Å². The molecule has 0 aliphatic rings. The van der Waals surface area contributed by atoms with Crippen LogP contribution >= 0.6 is 34.5 Å². The van der Waals surface area contributed by atoms with Crippen molar-refractivity contribution < 1.29 is 4.39 Å². The monoisotopic (exact) mass is 312 g/mol. The number of aromatic nitrogens is 2. The maximum absolute atomic E-state index is 14.6. The first kappa shape index (κ1) is 12.7. The summed E-state index contributed by atoms with van der Waals surface area (Å²) in [5, 5.41) is 9.26. The normalized spacial score (nSPS) is 10.9. The number of hydrogen-bond acceptors (Lipinski definition) is 2. The Hall–Kier alpha value is -1.36. The summed E-state index contributed by atoms with van der Waals surface area (Å²) in [6, 6.07) is 6.83. The largest absolute Gasteiger partial charge is 0.284 e. The second-order valence-electron chi connectivity index (χ2n) is 3.87. The zero-order valence-electron chi connectivity index (χ0n) is 9.45. The second-order valence-corrected chi connectivity index (χ2v) is 5.67. The van der Waals surface area contributed by atoms with E-state index in [1.807, 2.05) is 17.5 Å². The molecule has 2 nitrogen and oxygen atoms in total. The average Bonchev–Trinajstić information content (AvgIpc) is 3.03. The van der Waals surface area contributed by atoms with Gasteiger partial charge in [0.15, 0.2) is 0 Å². The first-order valence-corrected chi connectivity index (χ1v) is 7.03. The van der Waals surface area contributed by atoms with Crippen molar-refractivity contribution in [2.45, 2.75) is 0 Å². The molecule has 0 saturated carbocycles. The van der Waals surface area contributed by atoms with Crippen LogP contribution in [0.2, 0.25) is 10.0 Å². The van der Waals surface area contributed by atoms with Crippen molar-refractivity contribution in [1.82, 2.24) is 10.2 Å². The summed E-state index contributed by atoms with van der Waals surface area (Å²) in [7, 11) is 0. The van der Waals surface area contributed by atoms with E-state index in [4.69, 9.17) is 23.2 Å². The summed E-state index contributed by atoms with van der Waals surface area (Å²) >= 11 is 13.5. The predicted octanol–water partition coefficient (Wildman–Crippen LogP) is 5.25. The summed E-state index contributed by atoms with van der Waals surface area (Å²) in [5.41, 5.74) is 1.11. The molecule has 6 heteroatoms. The number of hydrogen-bond donors (Lipinski definition) is 1. The Balaban J connectivity index is 2.25. The van der Waals surface area contributed by atoms with E-state index in [-0.39, 0.29) is 5.82 Å². The first-order valence-electron chi connectivity index (χ1n) is 5.39. The van der Waals surface area contributed by atoms with Gasteiger partial charge in [0.25, 0.3) is 0 Å². The van der Waals surface area contributed by atoms with Gasteiger partial charge in [0.2, 0.25) is 0 Å². The number of nitrogens with zero attached hydrogens (tertiary/aromatic N) is 1. The number of rotatable bonds is 2. The Morgan fingerprint density at radius 3 is 2.63 bits per heavy atom. The summed E-state index contributed by atoms with van der Waals surface area (Å²) in [4.78, 5) is 0.813. The Morgan fingerprint density at radius 1 is 1.21 bits per heavy atom. The molecule has 0 radical (unpaired) electrons. The van der Waals surface area contributed by atoms with E-state index in [1.54, 1.807) is 6.07 Å². The maximum Gasteiger partial charge on any atom is 0.141 e. The van der Waals surface area contributed by atoms with Crippen LogP contribution in [-0.2, 0) is 0 Å². The molecule has 3 aromatic rings. The highest BCUT2D eigenvalue weighted by Gasteiger charge is 2.17. The van der Waals surface area contributed by atoms with E-state index in [0.29, 0.717) is 26.9 Å². The molecule has 0 saturated heterocycles. The Bertz CT molecular complexity index is 722. The lowest BCUT2D eigenvalue weighted by Crippen LogP contribution is -1.90. The molecule has 0 fully saturated rings. The van der Waals surface area contributed by atoms with Crippen molar-refractivity contribution in [3.63, 3.8) is 0 Å². The first-order chi connectivity index (χ1) is 9.16. The molecule has 2 heterocycles. The van der Waals surface area contributed by atoms with Gasteiger partial charge in [-0.2, -0.15) is 5.10 Å². The van der Waals surface area contributed by atoms with Crippen molar-refractivity contribution in [2.24, 2.45) is 0 Å². The SMILES string of the molecule is Fc1c(-c2cccs2)cc(Cl)cc1-c1n[nH]cc1Cl. The molecule has 0 aliphatic carbocycles. The molecule has 0 spiro atoms. The van der Waals surface area contributed by atoms with Crippen LogP contribution in [0.4, 0.5) is 4.39 Å². The molecule has 96 valence electrons. The topological polar surface area (TPSA) is 28.7 Å². The third-order valence-electron chi connectivity index (χ3n) is 2.67. The molecule has 3 rings (SSSR count). The third kappa shape index (κ3) is 2.27. The fraction of sp³-hybridized carbons (Fsp3) is 0. The predicted molar refractivity (Wildman–Crippen MR) is 77.3 cm³/mol. The number of nitrogens with one attached hydrogen (secondary N) is 1. The van der Waals surface area contributed by atoms with Gasteiger partial charge in [0.05, 0.1) is 5.02 Å². The van der Waals surface area contributed by atoms with Gasteiger partial charge >= 0.3 is 0 Å². The number of thiophene rings is 1. The van der Waals surface area contributed by atoms with Crippen molar-refractivity contribution in [2.75, 3.05) is 0 Å². The number of aromatic amines is 1. The van der Waals surface area contributed by atoms with Crippen LogP contribution < -0.4 is 0 Å². The summed E-state index contributed by atoms with van der Waals surface area (Å²) in [6.45, 7) is 0. The van der Waals surface area contributed by atoms with Gasteiger partial charge in [-0.3, -0.25) is 5.10 Å². The van der Waals surface area contributed by atoms with Gasteiger partial charge < -0.3 is 0 Å². The van der Waals surface area contributed by atoms with E-state index in [9.17, 15) is 4.39 Å².